The number of likely N-dealkylation sites (tertiary alicyclic amines) is 1. The number of anilines is 1. The van der Waals surface area contributed by atoms with Gasteiger partial charge in [-0.15, -0.1) is 0 Å². The number of carbonyl (C=O) groups is 1. The molecule has 2 aromatic heterocycles. The molecule has 1 aliphatic heterocycles. The third-order valence-electron chi connectivity index (χ3n) is 7.48. The van der Waals surface area contributed by atoms with E-state index in [0.29, 0.717) is 25.0 Å². The first-order chi connectivity index (χ1) is 19.7. The SMILES string of the molecule is CCN1CC[C@@H](NC(=O)O)C1.CS(=O)(=O)CCCOc1cccc2c1ccn2-c1ccnc(NC2CCCCC2)n1. The van der Waals surface area contributed by atoms with Crippen molar-refractivity contribution in [3.63, 3.8) is 0 Å². The quantitative estimate of drug-likeness (QED) is 0.296. The Bertz CT molecular complexity index is 1390. The van der Waals surface area contributed by atoms with E-state index in [1.165, 1.54) is 38.4 Å². The van der Waals surface area contributed by atoms with Crippen molar-refractivity contribution in [2.45, 2.75) is 64.0 Å². The van der Waals surface area contributed by atoms with Crippen LogP contribution in [0, 0.1) is 0 Å². The van der Waals surface area contributed by atoms with Gasteiger partial charge in [0, 0.05) is 49.2 Å². The molecule has 2 fully saturated rings. The van der Waals surface area contributed by atoms with E-state index < -0.39 is 15.9 Å². The zero-order valence-corrected chi connectivity index (χ0v) is 24.8. The standard InChI is InChI=1S/C22H28N4O3S.C7H14N2O2/c1-30(27,28)16-6-15-29-20-10-5-9-19-18(20)12-14-26(19)21-11-13-23-22(25-21)24-17-7-3-2-4-8-17;1-2-9-4-3-6(5-9)8-7(10)11/h5,9-14,17H,2-4,6-8,15-16H2,1H3,(H,23,24,25);6,8H,2-5H2,1H3,(H,10,11)/t;6-/m.1/s1. The van der Waals surface area contributed by atoms with E-state index in [0.717, 1.165) is 48.5 Å². The summed E-state index contributed by atoms with van der Waals surface area (Å²) < 4.78 is 30.5. The normalized spacial score (nSPS) is 18.0. The van der Waals surface area contributed by atoms with Gasteiger partial charge in [-0.1, -0.05) is 32.3 Å². The second-order valence-corrected chi connectivity index (χ2v) is 13.0. The van der Waals surface area contributed by atoms with Crippen LogP contribution >= 0.6 is 0 Å². The van der Waals surface area contributed by atoms with Crippen molar-refractivity contribution in [3.8, 4) is 11.6 Å². The van der Waals surface area contributed by atoms with E-state index >= 15 is 0 Å². The molecule has 2 aliphatic rings. The number of fused-ring (bicyclic) bond motifs is 1. The third-order valence-corrected chi connectivity index (χ3v) is 8.51. The van der Waals surface area contributed by atoms with Gasteiger partial charge in [-0.05, 0) is 56.5 Å². The Kier molecular flexibility index (Phi) is 10.8. The van der Waals surface area contributed by atoms with Crippen LogP contribution in [0.15, 0.2) is 42.7 Å². The number of ether oxygens (including phenoxy) is 1. The Hall–Kier alpha value is -3.38. The Morgan fingerprint density at radius 2 is 1.93 bits per heavy atom. The number of hydrogen-bond acceptors (Lipinski definition) is 8. The zero-order valence-electron chi connectivity index (χ0n) is 24.0. The van der Waals surface area contributed by atoms with E-state index in [1.54, 1.807) is 6.20 Å². The topological polar surface area (TPSA) is 139 Å². The minimum Gasteiger partial charge on any atom is -0.493 e. The molecule has 0 bridgehead atoms. The van der Waals surface area contributed by atoms with Gasteiger partial charge >= 0.3 is 6.09 Å². The second-order valence-electron chi connectivity index (χ2n) is 10.8. The van der Waals surface area contributed by atoms with E-state index in [-0.39, 0.29) is 11.8 Å². The van der Waals surface area contributed by atoms with Gasteiger partial charge < -0.3 is 29.9 Å². The fourth-order valence-electron chi connectivity index (χ4n) is 5.36. The number of sulfone groups is 1. The number of amides is 1. The van der Waals surface area contributed by atoms with Crippen molar-refractivity contribution >= 4 is 32.8 Å². The number of likely N-dealkylation sites (N-methyl/N-ethyl adjacent to an activating group) is 1. The predicted molar refractivity (Wildman–Crippen MR) is 161 cm³/mol. The Morgan fingerprint density at radius 1 is 1.12 bits per heavy atom. The highest BCUT2D eigenvalue weighted by Crippen LogP contribution is 2.29. The van der Waals surface area contributed by atoms with Gasteiger partial charge in [-0.2, -0.15) is 4.98 Å². The smallest absolute Gasteiger partial charge is 0.404 e. The lowest BCUT2D eigenvalue weighted by atomic mass is 9.96. The maximum Gasteiger partial charge on any atom is 0.404 e. The molecule has 0 radical (unpaired) electrons. The largest absolute Gasteiger partial charge is 0.493 e. The summed E-state index contributed by atoms with van der Waals surface area (Å²) in [6.45, 7) is 5.34. The third kappa shape index (κ3) is 9.32. The van der Waals surface area contributed by atoms with E-state index in [9.17, 15) is 13.2 Å². The molecule has 3 heterocycles. The summed E-state index contributed by atoms with van der Waals surface area (Å²) in [5, 5.41) is 15.3. The van der Waals surface area contributed by atoms with Crippen LogP contribution in [0.25, 0.3) is 16.7 Å². The summed E-state index contributed by atoms with van der Waals surface area (Å²) in [5.74, 6) is 2.33. The summed E-state index contributed by atoms with van der Waals surface area (Å²) >= 11 is 0. The first-order valence-corrected chi connectivity index (χ1v) is 16.5. The lowest BCUT2D eigenvalue weighted by Crippen LogP contribution is -2.35. The highest BCUT2D eigenvalue weighted by atomic mass is 32.2. The number of nitrogens with zero attached hydrogens (tertiary/aromatic N) is 4. The summed E-state index contributed by atoms with van der Waals surface area (Å²) in [6.07, 6.45) is 11.7. The van der Waals surface area contributed by atoms with Crippen LogP contribution in [-0.2, 0) is 9.84 Å². The van der Waals surface area contributed by atoms with Crippen LogP contribution in [0.1, 0.15) is 51.9 Å². The molecule has 1 atom stereocenters. The maximum atomic E-state index is 11.3. The number of carboxylic acid groups (broad SMARTS) is 1. The summed E-state index contributed by atoms with van der Waals surface area (Å²) in [7, 11) is -2.97. The number of hydrogen-bond donors (Lipinski definition) is 3. The lowest BCUT2D eigenvalue weighted by Gasteiger charge is -2.22. The van der Waals surface area contributed by atoms with E-state index in [1.807, 2.05) is 41.1 Å². The Balaban J connectivity index is 0.000000296. The molecular weight excluding hydrogens is 544 g/mol. The van der Waals surface area contributed by atoms with Crippen molar-refractivity contribution in [2.75, 3.05) is 43.6 Å². The number of rotatable bonds is 10. The second kappa shape index (κ2) is 14.5. The zero-order chi connectivity index (χ0) is 29.2. The highest BCUT2D eigenvalue weighted by molar-refractivity contribution is 7.90. The van der Waals surface area contributed by atoms with Crippen LogP contribution in [-0.4, -0.2) is 89.4 Å². The Labute approximate surface area is 242 Å². The van der Waals surface area contributed by atoms with E-state index in [2.05, 4.69) is 27.4 Å². The van der Waals surface area contributed by atoms with Gasteiger partial charge in [0.15, 0.2) is 0 Å². The average molecular weight is 587 g/mol. The average Bonchev–Trinajstić information content (AvgIpc) is 3.59. The first-order valence-electron chi connectivity index (χ1n) is 14.4. The molecule has 3 N–H and O–H groups in total. The van der Waals surface area contributed by atoms with Gasteiger partial charge in [0.2, 0.25) is 5.95 Å². The van der Waals surface area contributed by atoms with Gasteiger partial charge in [-0.3, -0.25) is 0 Å². The van der Waals surface area contributed by atoms with Crippen molar-refractivity contribution < 1.29 is 23.1 Å². The van der Waals surface area contributed by atoms with Gasteiger partial charge in [-0.25, -0.2) is 18.2 Å². The molecule has 12 heteroatoms. The molecule has 0 unspecified atom stereocenters. The van der Waals surface area contributed by atoms with Crippen molar-refractivity contribution in [2.24, 2.45) is 0 Å². The van der Waals surface area contributed by atoms with Gasteiger partial charge in [0.1, 0.15) is 21.4 Å². The van der Waals surface area contributed by atoms with E-state index in [4.69, 9.17) is 14.8 Å². The van der Waals surface area contributed by atoms with Crippen LogP contribution < -0.4 is 15.4 Å². The molecule has 3 aromatic rings. The molecule has 1 saturated heterocycles. The van der Waals surface area contributed by atoms with Gasteiger partial charge in [0.25, 0.3) is 0 Å². The molecule has 1 amide bonds. The van der Waals surface area contributed by atoms with Crippen LogP contribution in [0.2, 0.25) is 0 Å². The molecule has 1 aromatic carbocycles. The summed E-state index contributed by atoms with van der Waals surface area (Å²) in [4.78, 5) is 21.6. The fraction of sp³-hybridized carbons (Fsp3) is 0.552. The van der Waals surface area contributed by atoms with Crippen molar-refractivity contribution in [1.29, 1.82) is 0 Å². The van der Waals surface area contributed by atoms with Crippen LogP contribution in [0.5, 0.6) is 5.75 Å². The summed E-state index contributed by atoms with van der Waals surface area (Å²) in [6, 6.07) is 10.4. The molecule has 0 spiro atoms. The predicted octanol–water partition coefficient (Wildman–Crippen LogP) is 4.33. The molecular formula is C29H42N6O5S. The molecule has 224 valence electrons. The van der Waals surface area contributed by atoms with Gasteiger partial charge in [0.05, 0.1) is 17.9 Å². The number of benzene rings is 1. The Morgan fingerprint density at radius 3 is 2.63 bits per heavy atom. The van der Waals surface area contributed by atoms with Crippen molar-refractivity contribution in [1.82, 2.24) is 24.8 Å². The number of aromatic nitrogens is 3. The maximum absolute atomic E-state index is 11.3. The molecule has 41 heavy (non-hydrogen) atoms. The minimum absolute atomic E-state index is 0.127. The number of nitrogens with one attached hydrogen (secondary N) is 2. The summed E-state index contributed by atoms with van der Waals surface area (Å²) in [5.41, 5.74) is 0.984. The molecule has 1 aliphatic carbocycles. The molecule has 1 saturated carbocycles. The fourth-order valence-corrected chi connectivity index (χ4v) is 6.01. The lowest BCUT2D eigenvalue weighted by molar-refractivity contribution is 0.189. The van der Waals surface area contributed by atoms with Crippen LogP contribution in [0.3, 0.4) is 0 Å². The monoisotopic (exact) mass is 586 g/mol. The molecule has 5 rings (SSSR count). The highest BCUT2D eigenvalue weighted by Gasteiger charge is 2.22. The first kappa shape index (κ1) is 30.6. The molecule has 11 nitrogen and oxygen atoms in total. The van der Waals surface area contributed by atoms with Crippen molar-refractivity contribution in [3.05, 3.63) is 42.7 Å². The van der Waals surface area contributed by atoms with Crippen LogP contribution in [0.4, 0.5) is 10.7 Å². The minimum atomic E-state index is -2.97.